The Hall–Kier alpha value is -2.64. The lowest BCUT2D eigenvalue weighted by Crippen LogP contribution is -2.41. The summed E-state index contributed by atoms with van der Waals surface area (Å²) < 4.78 is 39.0. The Morgan fingerprint density at radius 1 is 1.14 bits per heavy atom. The first-order chi connectivity index (χ1) is 20.1. The van der Waals surface area contributed by atoms with E-state index in [9.17, 15) is 19.6 Å². The van der Waals surface area contributed by atoms with Crippen LogP contribution in [0.15, 0.2) is 36.9 Å². The summed E-state index contributed by atoms with van der Waals surface area (Å²) in [5, 5.41) is 24.7. The summed E-state index contributed by atoms with van der Waals surface area (Å²) in [6.45, 7) is 4.78. The third-order valence-corrected chi connectivity index (χ3v) is 9.52. The average Bonchev–Trinajstić information content (AvgIpc) is 3.52. The van der Waals surface area contributed by atoms with Crippen LogP contribution in [0.2, 0.25) is 5.02 Å². The molecule has 0 spiro atoms. The van der Waals surface area contributed by atoms with Crippen molar-refractivity contribution in [3.05, 3.63) is 47.6 Å². The normalized spacial score (nSPS) is 26.0. The molecule has 7 atom stereocenters. The zero-order valence-corrected chi connectivity index (χ0v) is 25.1. The van der Waals surface area contributed by atoms with Gasteiger partial charge in [-0.25, -0.2) is 19.5 Å². The summed E-state index contributed by atoms with van der Waals surface area (Å²) in [6.07, 6.45) is 1.05. The fraction of sp³-hybridized carbons (Fsp3) is 0.556. The van der Waals surface area contributed by atoms with Crippen molar-refractivity contribution >= 4 is 36.5 Å². The topological polar surface area (TPSA) is 167 Å². The molecule has 228 valence electrons. The van der Waals surface area contributed by atoms with Crippen LogP contribution >= 0.6 is 19.3 Å². The van der Waals surface area contributed by atoms with Crippen molar-refractivity contribution in [2.24, 2.45) is 0 Å². The van der Waals surface area contributed by atoms with Crippen LogP contribution < -0.4 is 9.61 Å². The molecule has 15 heteroatoms. The molecule has 42 heavy (non-hydrogen) atoms. The van der Waals surface area contributed by atoms with Gasteiger partial charge < -0.3 is 24.2 Å². The number of hydrogen-bond acceptors (Lipinski definition) is 11. The lowest BCUT2D eigenvalue weighted by molar-refractivity contribution is -0.152. The van der Waals surface area contributed by atoms with Gasteiger partial charge >= 0.3 is 13.7 Å². The summed E-state index contributed by atoms with van der Waals surface area (Å²) >= 11 is 6.26. The molecule has 2 aliphatic rings. The number of para-hydroxylation sites is 1. The molecule has 0 amide bonds. The van der Waals surface area contributed by atoms with E-state index in [1.165, 1.54) is 37.1 Å². The third kappa shape index (κ3) is 6.62. The SMILES string of the molecule is Cc1ncnc2c1ncn2C1OC(C(C)OP(=O)(NC(C)C(=O)OC2CCCCC2)Oc2ccccc2Cl)[C@@H](O)[C@H]1O. The molecule has 0 bridgehead atoms. The Kier molecular flexibility index (Phi) is 9.48. The first kappa shape index (κ1) is 30.8. The third-order valence-electron chi connectivity index (χ3n) is 7.45. The molecular weight excluding hydrogens is 589 g/mol. The van der Waals surface area contributed by atoms with Crippen LogP contribution in [0.1, 0.15) is 57.9 Å². The maximum Gasteiger partial charge on any atom is 0.459 e. The van der Waals surface area contributed by atoms with Gasteiger partial charge in [-0.05, 0) is 58.6 Å². The van der Waals surface area contributed by atoms with Crippen LogP contribution in [-0.2, 0) is 23.4 Å². The number of aryl methyl sites for hydroxylation is 1. The highest BCUT2D eigenvalue weighted by Crippen LogP contribution is 2.49. The van der Waals surface area contributed by atoms with Crippen molar-refractivity contribution in [1.82, 2.24) is 24.6 Å². The van der Waals surface area contributed by atoms with Gasteiger partial charge in [0.2, 0.25) is 0 Å². The van der Waals surface area contributed by atoms with Gasteiger partial charge in [-0.15, -0.1) is 0 Å². The number of nitrogens with one attached hydrogen (secondary N) is 1. The number of halogens is 1. The maximum absolute atomic E-state index is 14.2. The molecule has 3 aromatic rings. The summed E-state index contributed by atoms with van der Waals surface area (Å²) in [7, 11) is -4.36. The summed E-state index contributed by atoms with van der Waals surface area (Å²) in [6, 6.07) is 5.31. The smallest absolute Gasteiger partial charge is 0.459 e. The van der Waals surface area contributed by atoms with Crippen LogP contribution in [0, 0.1) is 6.92 Å². The number of rotatable bonds is 10. The van der Waals surface area contributed by atoms with Gasteiger partial charge in [0, 0.05) is 0 Å². The fourth-order valence-corrected chi connectivity index (χ4v) is 7.14. The summed E-state index contributed by atoms with van der Waals surface area (Å²) in [5.41, 5.74) is 1.57. The van der Waals surface area contributed by atoms with E-state index in [0.29, 0.717) is 16.9 Å². The number of nitrogens with zero attached hydrogens (tertiary/aromatic N) is 4. The van der Waals surface area contributed by atoms with Crippen LogP contribution in [0.5, 0.6) is 5.75 Å². The summed E-state index contributed by atoms with van der Waals surface area (Å²) in [4.78, 5) is 25.5. The molecule has 3 N–H and O–H groups in total. The van der Waals surface area contributed by atoms with Crippen LogP contribution in [-0.4, -0.2) is 72.3 Å². The minimum Gasteiger partial charge on any atom is -0.461 e. The van der Waals surface area contributed by atoms with E-state index in [0.717, 1.165) is 32.1 Å². The van der Waals surface area contributed by atoms with E-state index < -0.39 is 50.4 Å². The van der Waals surface area contributed by atoms with Gasteiger partial charge in [0.15, 0.2) is 11.9 Å². The Bertz CT molecular complexity index is 1450. The van der Waals surface area contributed by atoms with Gasteiger partial charge in [-0.3, -0.25) is 13.9 Å². The van der Waals surface area contributed by atoms with E-state index in [1.807, 2.05) is 0 Å². The van der Waals surface area contributed by atoms with Crippen LogP contribution in [0.25, 0.3) is 11.2 Å². The lowest BCUT2D eigenvalue weighted by Gasteiger charge is -2.29. The number of aromatic nitrogens is 4. The number of hydrogen-bond donors (Lipinski definition) is 3. The molecule has 1 aliphatic carbocycles. The number of esters is 1. The molecular formula is C27H35ClN5O8P. The molecule has 1 aliphatic heterocycles. The second-order valence-electron chi connectivity index (χ2n) is 10.6. The predicted molar refractivity (Wildman–Crippen MR) is 152 cm³/mol. The number of carbonyl (C=O) groups is 1. The van der Waals surface area contributed by atoms with Crippen LogP contribution in [0.3, 0.4) is 0 Å². The molecule has 3 heterocycles. The molecule has 2 fully saturated rings. The van der Waals surface area contributed by atoms with E-state index in [1.54, 1.807) is 25.1 Å². The highest BCUT2D eigenvalue weighted by Gasteiger charge is 2.49. The molecule has 1 saturated carbocycles. The highest BCUT2D eigenvalue weighted by atomic mass is 35.5. The van der Waals surface area contributed by atoms with Crippen molar-refractivity contribution in [2.45, 2.75) is 95.7 Å². The number of ether oxygens (including phenoxy) is 2. The second kappa shape index (κ2) is 12.9. The monoisotopic (exact) mass is 623 g/mol. The standard InChI is InChI=1S/C27H35ClN5O8P/c1-15-21-25(30-13-29-15)33(14-31-21)26-23(35)22(34)24(39-26)17(3)40-42(37,41-20-12-8-7-11-19(20)28)32-16(2)27(36)38-18-9-5-4-6-10-18/h7-8,11-14,16-18,22-24,26,34-35H,4-6,9-10H2,1-3H3,(H,32,37)/t16?,17?,22-,23+,24?,26?,42?/m0/s1. The molecule has 1 aromatic carbocycles. The average molecular weight is 624 g/mol. The number of benzene rings is 1. The lowest BCUT2D eigenvalue weighted by atomic mass is 9.98. The number of aliphatic hydroxyl groups is 2. The van der Waals surface area contributed by atoms with Gasteiger partial charge in [0.05, 0.1) is 23.1 Å². The summed E-state index contributed by atoms with van der Waals surface area (Å²) in [5.74, 6) is -0.543. The number of imidazole rings is 1. The number of fused-ring (bicyclic) bond motifs is 1. The molecule has 13 nitrogen and oxygen atoms in total. The largest absolute Gasteiger partial charge is 0.461 e. The van der Waals surface area contributed by atoms with Gasteiger partial charge in [0.25, 0.3) is 0 Å². The number of aliphatic hydroxyl groups excluding tert-OH is 2. The van der Waals surface area contributed by atoms with E-state index in [-0.39, 0.29) is 16.9 Å². The highest BCUT2D eigenvalue weighted by molar-refractivity contribution is 7.52. The Morgan fingerprint density at radius 3 is 2.62 bits per heavy atom. The Morgan fingerprint density at radius 2 is 1.88 bits per heavy atom. The van der Waals surface area contributed by atoms with Gasteiger partial charge in [-0.2, -0.15) is 5.09 Å². The van der Waals surface area contributed by atoms with Crippen molar-refractivity contribution in [1.29, 1.82) is 0 Å². The molecule has 5 rings (SSSR count). The molecule has 0 radical (unpaired) electrons. The van der Waals surface area contributed by atoms with Crippen LogP contribution in [0.4, 0.5) is 0 Å². The number of carbonyl (C=O) groups excluding carboxylic acids is 1. The molecule has 1 saturated heterocycles. The second-order valence-corrected chi connectivity index (χ2v) is 12.7. The van der Waals surface area contributed by atoms with Gasteiger partial charge in [-0.1, -0.05) is 30.2 Å². The Labute approximate surface area is 248 Å². The van der Waals surface area contributed by atoms with E-state index in [4.69, 9.17) is 30.1 Å². The quantitative estimate of drug-likeness (QED) is 0.221. The first-order valence-electron chi connectivity index (χ1n) is 13.9. The zero-order valence-electron chi connectivity index (χ0n) is 23.5. The Balaban J connectivity index is 1.34. The minimum atomic E-state index is -4.36. The predicted octanol–water partition coefficient (Wildman–Crippen LogP) is 3.85. The van der Waals surface area contributed by atoms with Crippen molar-refractivity contribution in [3.8, 4) is 5.75 Å². The van der Waals surface area contributed by atoms with Crippen molar-refractivity contribution in [2.75, 3.05) is 0 Å². The van der Waals surface area contributed by atoms with Crippen molar-refractivity contribution in [3.63, 3.8) is 0 Å². The molecule has 2 aromatic heterocycles. The molecule has 5 unspecified atom stereocenters. The zero-order chi connectivity index (χ0) is 30.0. The fourth-order valence-electron chi connectivity index (χ4n) is 5.20. The van der Waals surface area contributed by atoms with E-state index >= 15 is 0 Å². The first-order valence-corrected chi connectivity index (χ1v) is 15.8. The minimum absolute atomic E-state index is 0.0563. The van der Waals surface area contributed by atoms with Gasteiger partial charge in [0.1, 0.15) is 48.1 Å². The van der Waals surface area contributed by atoms with Crippen molar-refractivity contribution < 1.29 is 38.1 Å². The maximum atomic E-state index is 14.2. The van der Waals surface area contributed by atoms with E-state index in [2.05, 4.69) is 20.0 Å².